The Kier molecular flexibility index (Phi) is 16.8. The smallest absolute Gasteiger partial charge is 0.339 e. The summed E-state index contributed by atoms with van der Waals surface area (Å²) in [5.74, 6) is -0.149. The number of hydrogen-bond acceptors (Lipinski definition) is 11. The van der Waals surface area contributed by atoms with Gasteiger partial charge in [-0.05, 0) is 58.4 Å². The zero-order valence-electron chi connectivity index (χ0n) is 43.5. The molecule has 5 atom stereocenters. The molecule has 0 amide bonds. The second kappa shape index (κ2) is 24.9. The lowest BCUT2D eigenvalue weighted by molar-refractivity contribution is -0.176. The summed E-state index contributed by atoms with van der Waals surface area (Å²) in [6, 6.07) is 61.8. The highest BCUT2D eigenvalue weighted by molar-refractivity contribution is 5.96. The monoisotopic (exact) mass is 1030 g/mol. The van der Waals surface area contributed by atoms with Crippen molar-refractivity contribution in [2.75, 3.05) is 6.61 Å². The molecule has 77 heavy (non-hydrogen) atoms. The van der Waals surface area contributed by atoms with Crippen molar-refractivity contribution in [1.29, 1.82) is 0 Å². The summed E-state index contributed by atoms with van der Waals surface area (Å²) in [5.41, 5.74) is 6.19. The van der Waals surface area contributed by atoms with E-state index in [-0.39, 0.29) is 116 Å². The van der Waals surface area contributed by atoms with Gasteiger partial charge in [-0.15, -0.1) is 0 Å². The van der Waals surface area contributed by atoms with Crippen molar-refractivity contribution in [2.24, 2.45) is 11.8 Å². The van der Waals surface area contributed by atoms with Gasteiger partial charge in [-0.25, -0.2) is 9.59 Å². The number of benzene rings is 8. The molecule has 2 heterocycles. The number of fused-ring (bicyclic) bond motifs is 3. The molecule has 11 nitrogen and oxygen atoms in total. The standard InChI is InChI=1S/C66H62O11/c1-44-45(2)60-59(76-46(44)3)43-75-65(67)55-35-57(69-37-47-22-10-4-11-23-47)63(73-41-51-30-18-8-19-31-51)61(71-39-49-26-14-6-15-27-49)53(55)34-54-56(66(68)77-60)36-58(70-38-48-24-12-5-13-25-48)64(74-42-52-32-20-9-21-33-52)62(54)72-40-50-28-16-7-17-29-50/h4-33,35-36,44-46,59-60H,34,37-43H2,1-3H3. The Labute approximate surface area is 450 Å². The average molecular weight is 1030 g/mol. The Morgan fingerprint density at radius 3 is 1.09 bits per heavy atom. The minimum atomic E-state index is -0.817. The molecule has 0 aliphatic carbocycles. The molecule has 0 aromatic heterocycles. The van der Waals surface area contributed by atoms with Crippen LogP contribution in [0.15, 0.2) is 194 Å². The SMILES string of the molecule is CC1OC2COC(=O)c3cc(OCc4ccccc4)c(OCc4ccccc4)c(OCc4ccccc4)c3Cc3c(cc(OCc4ccccc4)c(OCc4ccccc4)c3OCc3ccccc3)C(=O)OC2C(C)C1C. The molecule has 392 valence electrons. The molecule has 0 radical (unpaired) electrons. The molecule has 8 aromatic rings. The highest BCUT2D eigenvalue weighted by Gasteiger charge is 2.44. The molecule has 2 aliphatic rings. The number of esters is 2. The molecule has 0 N–H and O–H groups in total. The second-order valence-corrected chi connectivity index (χ2v) is 19.5. The van der Waals surface area contributed by atoms with Crippen molar-refractivity contribution in [1.82, 2.24) is 0 Å². The summed E-state index contributed by atoms with van der Waals surface area (Å²) in [6.07, 6.45) is -2.02. The quantitative estimate of drug-likeness (QED) is 0.0765. The number of hydrogen-bond donors (Lipinski definition) is 0. The molecule has 11 heteroatoms. The van der Waals surface area contributed by atoms with Crippen LogP contribution in [0, 0.1) is 11.8 Å². The minimum Gasteiger partial charge on any atom is -0.485 e. The van der Waals surface area contributed by atoms with Crippen LogP contribution in [0.2, 0.25) is 0 Å². The summed E-state index contributed by atoms with van der Waals surface area (Å²) in [6.45, 7) is 6.54. The lowest BCUT2D eigenvalue weighted by atomic mass is 9.81. The van der Waals surface area contributed by atoms with E-state index in [1.807, 2.05) is 196 Å². The maximum Gasteiger partial charge on any atom is 0.339 e. The fourth-order valence-corrected chi connectivity index (χ4v) is 9.67. The molecular formula is C66H62O11. The van der Waals surface area contributed by atoms with Gasteiger partial charge in [-0.1, -0.05) is 196 Å². The number of carbonyl (C=O) groups is 2. The van der Waals surface area contributed by atoms with Crippen LogP contribution >= 0.6 is 0 Å². The minimum absolute atomic E-state index is 0.0147. The zero-order chi connectivity index (χ0) is 52.9. The van der Waals surface area contributed by atoms with Crippen LogP contribution in [-0.4, -0.2) is 36.9 Å². The van der Waals surface area contributed by atoms with Crippen LogP contribution in [0.3, 0.4) is 0 Å². The third kappa shape index (κ3) is 12.8. The molecule has 8 aromatic carbocycles. The molecule has 2 aliphatic heterocycles. The van der Waals surface area contributed by atoms with Crippen molar-refractivity contribution >= 4 is 11.9 Å². The predicted octanol–water partition coefficient (Wildman–Crippen LogP) is 13.5. The first kappa shape index (κ1) is 51.9. The van der Waals surface area contributed by atoms with Gasteiger partial charge in [0.25, 0.3) is 0 Å². The Balaban J connectivity index is 1.23. The van der Waals surface area contributed by atoms with Crippen molar-refractivity contribution in [2.45, 2.75) is 85.1 Å². The summed E-state index contributed by atoms with van der Waals surface area (Å²) < 4.78 is 60.9. The predicted molar refractivity (Wildman–Crippen MR) is 292 cm³/mol. The van der Waals surface area contributed by atoms with Gasteiger partial charge in [0, 0.05) is 23.5 Å². The van der Waals surface area contributed by atoms with Crippen LogP contribution in [0.1, 0.15) is 86.0 Å². The van der Waals surface area contributed by atoms with Gasteiger partial charge in [0.05, 0.1) is 17.2 Å². The van der Waals surface area contributed by atoms with Gasteiger partial charge in [0.15, 0.2) is 23.0 Å². The molecular weight excluding hydrogens is 969 g/mol. The first-order chi connectivity index (χ1) is 37.8. The van der Waals surface area contributed by atoms with Gasteiger partial charge < -0.3 is 42.6 Å². The molecule has 1 fully saturated rings. The molecule has 0 spiro atoms. The number of carbonyl (C=O) groups excluding carboxylic acids is 2. The third-order valence-corrected chi connectivity index (χ3v) is 14.2. The van der Waals surface area contributed by atoms with E-state index in [2.05, 4.69) is 6.92 Å². The van der Waals surface area contributed by atoms with Crippen molar-refractivity contribution in [3.63, 3.8) is 0 Å². The molecule has 5 unspecified atom stereocenters. The summed E-state index contributed by atoms with van der Waals surface area (Å²) in [5, 5.41) is 0. The average Bonchev–Trinajstić information content (AvgIpc) is 3.53. The fraction of sp³-hybridized carbons (Fsp3) is 0.242. The Hall–Kier alpha value is -8.54. The summed E-state index contributed by atoms with van der Waals surface area (Å²) in [7, 11) is 0. The lowest BCUT2D eigenvalue weighted by Gasteiger charge is -2.43. The summed E-state index contributed by atoms with van der Waals surface area (Å²) in [4.78, 5) is 30.9. The highest BCUT2D eigenvalue weighted by Crippen LogP contribution is 2.50. The lowest BCUT2D eigenvalue weighted by Crippen LogP contribution is -2.52. The van der Waals surface area contributed by atoms with E-state index in [1.165, 1.54) is 0 Å². The maximum absolute atomic E-state index is 15.6. The van der Waals surface area contributed by atoms with Crippen molar-refractivity contribution < 1.29 is 52.2 Å². The Bertz CT molecular complexity index is 3210. The summed E-state index contributed by atoms with van der Waals surface area (Å²) >= 11 is 0. The van der Waals surface area contributed by atoms with Gasteiger partial charge in [-0.3, -0.25) is 0 Å². The van der Waals surface area contributed by atoms with E-state index in [0.717, 1.165) is 33.4 Å². The molecule has 1 saturated heterocycles. The Morgan fingerprint density at radius 1 is 0.403 bits per heavy atom. The first-order valence-electron chi connectivity index (χ1n) is 26.2. The topological polar surface area (TPSA) is 117 Å². The first-order valence-corrected chi connectivity index (χ1v) is 26.2. The van der Waals surface area contributed by atoms with E-state index >= 15 is 9.59 Å². The van der Waals surface area contributed by atoms with Crippen LogP contribution in [-0.2, 0) is 60.3 Å². The van der Waals surface area contributed by atoms with Gasteiger partial charge in [0.2, 0.25) is 11.5 Å². The van der Waals surface area contributed by atoms with Crippen LogP contribution in [0.25, 0.3) is 0 Å². The molecule has 0 saturated carbocycles. The van der Waals surface area contributed by atoms with Gasteiger partial charge in [-0.2, -0.15) is 0 Å². The van der Waals surface area contributed by atoms with Gasteiger partial charge in [0.1, 0.15) is 58.5 Å². The van der Waals surface area contributed by atoms with Gasteiger partial charge >= 0.3 is 11.9 Å². The van der Waals surface area contributed by atoms with Crippen molar-refractivity contribution in [3.8, 4) is 34.5 Å². The highest BCUT2D eigenvalue weighted by atomic mass is 16.6. The maximum atomic E-state index is 15.6. The van der Waals surface area contributed by atoms with E-state index < -0.39 is 24.1 Å². The zero-order valence-corrected chi connectivity index (χ0v) is 43.5. The van der Waals surface area contributed by atoms with Crippen LogP contribution in [0.5, 0.6) is 34.5 Å². The number of ether oxygens (including phenoxy) is 9. The second-order valence-electron chi connectivity index (χ2n) is 19.5. The normalized spacial score (nSPS) is 18.1. The van der Waals surface area contributed by atoms with E-state index in [9.17, 15) is 0 Å². The van der Waals surface area contributed by atoms with Crippen LogP contribution in [0.4, 0.5) is 0 Å². The van der Waals surface area contributed by atoms with E-state index in [4.69, 9.17) is 42.6 Å². The van der Waals surface area contributed by atoms with E-state index in [1.54, 1.807) is 12.1 Å². The molecule has 10 rings (SSSR count). The van der Waals surface area contributed by atoms with E-state index in [0.29, 0.717) is 11.1 Å². The largest absolute Gasteiger partial charge is 0.485 e. The van der Waals surface area contributed by atoms with Crippen molar-refractivity contribution in [3.05, 3.63) is 250 Å². The molecule has 0 bridgehead atoms. The Morgan fingerprint density at radius 2 is 0.727 bits per heavy atom. The number of rotatable bonds is 18. The fourth-order valence-electron chi connectivity index (χ4n) is 9.67. The number of cyclic esters (lactones) is 1. The van der Waals surface area contributed by atoms with Crippen LogP contribution < -0.4 is 28.4 Å². The third-order valence-electron chi connectivity index (χ3n) is 14.2.